The van der Waals surface area contributed by atoms with Gasteiger partial charge in [0.2, 0.25) is 5.91 Å². The molecule has 1 aliphatic rings. The van der Waals surface area contributed by atoms with Gasteiger partial charge < -0.3 is 19.5 Å². The van der Waals surface area contributed by atoms with Crippen LogP contribution in [-0.2, 0) is 19.0 Å². The van der Waals surface area contributed by atoms with E-state index < -0.39 is 6.29 Å². The molecule has 0 aliphatic carbocycles. The summed E-state index contributed by atoms with van der Waals surface area (Å²) in [5, 5.41) is 2.84. The van der Waals surface area contributed by atoms with Crippen LogP contribution in [0.25, 0.3) is 0 Å². The predicted octanol–water partition coefficient (Wildman–Crippen LogP) is 0.923. The molecule has 1 fully saturated rings. The van der Waals surface area contributed by atoms with Crippen molar-refractivity contribution >= 4 is 5.91 Å². The van der Waals surface area contributed by atoms with Gasteiger partial charge in [0, 0.05) is 27.1 Å². The van der Waals surface area contributed by atoms with Gasteiger partial charge in [0.15, 0.2) is 6.29 Å². The molecule has 17 heavy (non-hydrogen) atoms. The summed E-state index contributed by atoms with van der Waals surface area (Å²) in [7, 11) is 3.23. The van der Waals surface area contributed by atoms with E-state index in [4.69, 9.17) is 14.2 Å². The number of amides is 1. The quantitative estimate of drug-likeness (QED) is 0.800. The smallest absolute Gasteiger partial charge is 0.217 e. The molecule has 1 heterocycles. The van der Waals surface area contributed by atoms with E-state index in [1.54, 1.807) is 14.2 Å². The maximum atomic E-state index is 11.2. The monoisotopic (exact) mass is 245 g/mol. The first-order chi connectivity index (χ1) is 8.04. The molecule has 0 saturated carbocycles. The SMILES string of the molecule is CCC1OC(OC)C(NC(C)=O)C(OC)C1C. The predicted molar refractivity (Wildman–Crippen MR) is 63.5 cm³/mol. The van der Waals surface area contributed by atoms with Crippen molar-refractivity contribution < 1.29 is 19.0 Å². The molecule has 0 aromatic heterocycles. The molecule has 0 aromatic carbocycles. The van der Waals surface area contributed by atoms with Gasteiger partial charge in [-0.2, -0.15) is 0 Å². The van der Waals surface area contributed by atoms with Gasteiger partial charge in [-0.15, -0.1) is 0 Å². The van der Waals surface area contributed by atoms with E-state index in [-0.39, 0.29) is 30.1 Å². The molecule has 1 aliphatic heterocycles. The Morgan fingerprint density at radius 3 is 2.41 bits per heavy atom. The highest BCUT2D eigenvalue weighted by atomic mass is 16.7. The summed E-state index contributed by atoms with van der Waals surface area (Å²) in [6.45, 7) is 5.62. The van der Waals surface area contributed by atoms with Crippen LogP contribution in [-0.4, -0.2) is 44.7 Å². The lowest BCUT2D eigenvalue weighted by molar-refractivity contribution is -0.244. The van der Waals surface area contributed by atoms with Crippen LogP contribution in [0.15, 0.2) is 0 Å². The summed E-state index contributed by atoms with van der Waals surface area (Å²) in [6, 6.07) is -0.264. The van der Waals surface area contributed by atoms with E-state index >= 15 is 0 Å². The third kappa shape index (κ3) is 3.18. The molecule has 5 unspecified atom stereocenters. The van der Waals surface area contributed by atoms with Gasteiger partial charge in [-0.3, -0.25) is 4.79 Å². The van der Waals surface area contributed by atoms with Crippen LogP contribution in [0.5, 0.6) is 0 Å². The van der Waals surface area contributed by atoms with Crippen LogP contribution in [0, 0.1) is 5.92 Å². The molecule has 1 saturated heterocycles. The first-order valence-electron chi connectivity index (χ1n) is 6.03. The van der Waals surface area contributed by atoms with Crippen molar-refractivity contribution in [2.75, 3.05) is 14.2 Å². The molecule has 0 radical (unpaired) electrons. The molecule has 1 rings (SSSR count). The van der Waals surface area contributed by atoms with E-state index in [0.717, 1.165) is 6.42 Å². The van der Waals surface area contributed by atoms with Gasteiger partial charge in [0.05, 0.1) is 12.2 Å². The molecule has 0 aromatic rings. The Balaban J connectivity index is 2.86. The second-order valence-electron chi connectivity index (χ2n) is 4.47. The second kappa shape index (κ2) is 6.33. The Hall–Kier alpha value is -0.650. The van der Waals surface area contributed by atoms with E-state index in [1.165, 1.54) is 6.92 Å². The standard InChI is InChI=1S/C12H23NO4/c1-6-9-7(2)11(15-4)10(13-8(3)14)12(16-5)17-9/h7,9-12H,6H2,1-5H3,(H,13,14). The van der Waals surface area contributed by atoms with Crippen LogP contribution in [0.2, 0.25) is 0 Å². The minimum Gasteiger partial charge on any atom is -0.379 e. The van der Waals surface area contributed by atoms with Crippen molar-refractivity contribution in [3.63, 3.8) is 0 Å². The van der Waals surface area contributed by atoms with E-state index in [1.807, 2.05) is 0 Å². The molecule has 1 amide bonds. The van der Waals surface area contributed by atoms with Crippen molar-refractivity contribution in [1.82, 2.24) is 5.32 Å². The Morgan fingerprint density at radius 2 is 2.00 bits per heavy atom. The molecular formula is C12H23NO4. The van der Waals surface area contributed by atoms with Crippen molar-refractivity contribution in [2.45, 2.75) is 51.7 Å². The maximum Gasteiger partial charge on any atom is 0.217 e. The second-order valence-corrected chi connectivity index (χ2v) is 4.47. The van der Waals surface area contributed by atoms with Crippen molar-refractivity contribution in [3.8, 4) is 0 Å². The minimum absolute atomic E-state index is 0.0925. The summed E-state index contributed by atoms with van der Waals surface area (Å²) in [5.74, 6) is 0.109. The van der Waals surface area contributed by atoms with Crippen LogP contribution in [0.4, 0.5) is 0 Å². The highest BCUT2D eigenvalue weighted by molar-refractivity contribution is 5.73. The van der Waals surface area contributed by atoms with Gasteiger partial charge in [0.1, 0.15) is 6.04 Å². The molecular weight excluding hydrogens is 222 g/mol. The number of ether oxygens (including phenoxy) is 3. The zero-order valence-electron chi connectivity index (χ0n) is 11.2. The number of hydrogen-bond acceptors (Lipinski definition) is 4. The average molecular weight is 245 g/mol. The third-order valence-electron chi connectivity index (χ3n) is 3.34. The summed E-state index contributed by atoms with van der Waals surface area (Å²) >= 11 is 0. The zero-order valence-corrected chi connectivity index (χ0v) is 11.2. The summed E-state index contributed by atoms with van der Waals surface area (Å²) in [4.78, 5) is 11.2. The Labute approximate surface area is 103 Å². The van der Waals surface area contributed by atoms with Crippen LogP contribution < -0.4 is 5.32 Å². The molecule has 0 spiro atoms. The maximum absolute atomic E-state index is 11.2. The Bertz CT molecular complexity index is 259. The summed E-state index contributed by atoms with van der Waals surface area (Å²) < 4.78 is 16.6. The number of nitrogens with one attached hydrogen (secondary N) is 1. The van der Waals surface area contributed by atoms with Gasteiger partial charge in [-0.05, 0) is 6.42 Å². The largest absolute Gasteiger partial charge is 0.379 e. The van der Waals surface area contributed by atoms with E-state index in [9.17, 15) is 4.79 Å². The molecule has 100 valence electrons. The van der Waals surface area contributed by atoms with Crippen molar-refractivity contribution in [3.05, 3.63) is 0 Å². The Kier molecular flexibility index (Phi) is 5.36. The Morgan fingerprint density at radius 1 is 1.35 bits per heavy atom. The highest BCUT2D eigenvalue weighted by Crippen LogP contribution is 2.29. The first kappa shape index (κ1) is 14.4. The minimum atomic E-state index is -0.454. The number of methoxy groups -OCH3 is 2. The molecule has 0 bridgehead atoms. The molecule has 5 nitrogen and oxygen atoms in total. The molecule has 5 atom stereocenters. The van der Waals surface area contributed by atoms with E-state index in [0.29, 0.717) is 0 Å². The van der Waals surface area contributed by atoms with Crippen molar-refractivity contribution in [1.29, 1.82) is 0 Å². The zero-order chi connectivity index (χ0) is 13.0. The number of carbonyl (C=O) groups excluding carboxylic acids is 1. The average Bonchev–Trinajstić information content (AvgIpc) is 2.29. The lowest BCUT2D eigenvalue weighted by Crippen LogP contribution is -2.61. The lowest BCUT2D eigenvalue weighted by Gasteiger charge is -2.44. The normalized spacial score (nSPS) is 37.8. The fraction of sp³-hybridized carbons (Fsp3) is 0.917. The lowest BCUT2D eigenvalue weighted by atomic mass is 9.87. The summed E-state index contributed by atoms with van der Waals surface area (Å²) in [6.07, 6.45) is 0.440. The van der Waals surface area contributed by atoms with Crippen LogP contribution in [0.3, 0.4) is 0 Å². The van der Waals surface area contributed by atoms with Gasteiger partial charge in [-0.25, -0.2) is 0 Å². The fourth-order valence-corrected chi connectivity index (χ4v) is 2.49. The topological polar surface area (TPSA) is 56.8 Å². The third-order valence-corrected chi connectivity index (χ3v) is 3.34. The highest BCUT2D eigenvalue weighted by Gasteiger charge is 2.44. The molecule has 1 N–H and O–H groups in total. The van der Waals surface area contributed by atoms with Crippen LogP contribution in [0.1, 0.15) is 27.2 Å². The van der Waals surface area contributed by atoms with Gasteiger partial charge >= 0.3 is 0 Å². The van der Waals surface area contributed by atoms with Crippen molar-refractivity contribution in [2.24, 2.45) is 5.92 Å². The number of carbonyl (C=O) groups is 1. The molecule has 5 heteroatoms. The summed E-state index contributed by atoms with van der Waals surface area (Å²) in [5.41, 5.74) is 0. The fourth-order valence-electron chi connectivity index (χ4n) is 2.49. The number of hydrogen-bond donors (Lipinski definition) is 1. The van der Waals surface area contributed by atoms with Gasteiger partial charge in [0.25, 0.3) is 0 Å². The van der Waals surface area contributed by atoms with Crippen LogP contribution >= 0.6 is 0 Å². The number of rotatable bonds is 4. The first-order valence-corrected chi connectivity index (χ1v) is 6.03. The van der Waals surface area contributed by atoms with Gasteiger partial charge in [-0.1, -0.05) is 13.8 Å². The van der Waals surface area contributed by atoms with E-state index in [2.05, 4.69) is 19.2 Å².